The number of amides is 3. The second-order valence-corrected chi connectivity index (χ2v) is 6.82. The zero-order valence-corrected chi connectivity index (χ0v) is 15.2. The molecule has 1 aliphatic heterocycles. The Morgan fingerprint density at radius 1 is 1.20 bits per heavy atom. The van der Waals surface area contributed by atoms with Gasteiger partial charge in [-0.1, -0.05) is 18.2 Å². The number of nitrogens with one attached hydrogen (secondary N) is 3. The summed E-state index contributed by atoms with van der Waals surface area (Å²) < 4.78 is 5.37. The maximum atomic E-state index is 12.3. The minimum atomic E-state index is -0.621. The van der Waals surface area contributed by atoms with Crippen LogP contribution in [-0.4, -0.2) is 61.3 Å². The van der Waals surface area contributed by atoms with E-state index in [2.05, 4.69) is 34.7 Å². The maximum Gasteiger partial charge on any atom is 0.319 e. The van der Waals surface area contributed by atoms with Gasteiger partial charge in [0, 0.05) is 30.9 Å². The predicted molar refractivity (Wildman–Crippen MR) is 97.5 cm³/mol. The van der Waals surface area contributed by atoms with Gasteiger partial charge in [-0.05, 0) is 32.9 Å². The molecule has 1 heterocycles. The van der Waals surface area contributed by atoms with Gasteiger partial charge in [0.1, 0.15) is 6.04 Å². The molecule has 7 nitrogen and oxygen atoms in total. The summed E-state index contributed by atoms with van der Waals surface area (Å²) in [5.41, 5.74) is 0.520. The third-order valence-electron chi connectivity index (χ3n) is 4.33. The molecular formula is C18H28N4O3. The molecule has 1 saturated heterocycles. The molecule has 0 spiro atoms. The van der Waals surface area contributed by atoms with Crippen molar-refractivity contribution in [2.75, 3.05) is 38.2 Å². The van der Waals surface area contributed by atoms with Crippen molar-refractivity contribution in [2.24, 2.45) is 0 Å². The number of hydrogen-bond donors (Lipinski definition) is 3. The third kappa shape index (κ3) is 6.03. The average molecular weight is 348 g/mol. The topological polar surface area (TPSA) is 82.7 Å². The van der Waals surface area contributed by atoms with Crippen LogP contribution in [-0.2, 0) is 9.53 Å². The molecule has 1 atom stereocenters. The Balaban J connectivity index is 1.76. The van der Waals surface area contributed by atoms with Gasteiger partial charge in [-0.3, -0.25) is 9.69 Å². The zero-order valence-electron chi connectivity index (χ0n) is 15.2. The molecule has 3 amide bonds. The van der Waals surface area contributed by atoms with Crippen molar-refractivity contribution < 1.29 is 14.3 Å². The van der Waals surface area contributed by atoms with Gasteiger partial charge < -0.3 is 20.7 Å². The van der Waals surface area contributed by atoms with Gasteiger partial charge in [-0.15, -0.1) is 0 Å². The van der Waals surface area contributed by atoms with Gasteiger partial charge in [0.25, 0.3) is 0 Å². The number of anilines is 1. The number of carbonyl (C=O) groups is 2. The van der Waals surface area contributed by atoms with Crippen LogP contribution in [0.2, 0.25) is 0 Å². The highest BCUT2D eigenvalue weighted by atomic mass is 16.5. The van der Waals surface area contributed by atoms with Gasteiger partial charge in [0.2, 0.25) is 5.91 Å². The molecule has 0 unspecified atom stereocenters. The largest absolute Gasteiger partial charge is 0.379 e. The molecule has 0 aromatic heterocycles. The van der Waals surface area contributed by atoms with Gasteiger partial charge in [-0.25, -0.2) is 4.79 Å². The van der Waals surface area contributed by atoms with Crippen LogP contribution in [0.25, 0.3) is 0 Å². The van der Waals surface area contributed by atoms with Gasteiger partial charge in [0.15, 0.2) is 0 Å². The van der Waals surface area contributed by atoms with E-state index in [0.29, 0.717) is 12.2 Å². The summed E-state index contributed by atoms with van der Waals surface area (Å²) >= 11 is 0. The maximum absolute atomic E-state index is 12.3. The summed E-state index contributed by atoms with van der Waals surface area (Å²) in [6.45, 7) is 9.52. The summed E-state index contributed by atoms with van der Waals surface area (Å²) in [6.07, 6.45) is 0. The lowest BCUT2D eigenvalue weighted by Crippen LogP contribution is -2.57. The van der Waals surface area contributed by atoms with E-state index in [1.54, 1.807) is 19.1 Å². The second-order valence-electron chi connectivity index (χ2n) is 6.82. The summed E-state index contributed by atoms with van der Waals surface area (Å²) in [6, 6.07) is 8.09. The molecular weight excluding hydrogens is 320 g/mol. The number of ether oxygens (including phenoxy) is 1. The molecule has 1 aromatic rings. The molecule has 1 fully saturated rings. The quantitative estimate of drug-likeness (QED) is 0.726. The number of urea groups is 1. The van der Waals surface area contributed by atoms with E-state index < -0.39 is 12.1 Å². The van der Waals surface area contributed by atoms with E-state index in [1.807, 2.05) is 18.2 Å². The van der Waals surface area contributed by atoms with E-state index in [0.717, 1.165) is 26.3 Å². The SMILES string of the molecule is C[C@@H](NC(=O)Nc1ccccc1)C(=O)NCC(C)(C)N1CCOCC1. The molecule has 0 aliphatic carbocycles. The normalized spacial score (nSPS) is 16.8. The summed E-state index contributed by atoms with van der Waals surface area (Å²) in [4.78, 5) is 26.5. The van der Waals surface area contributed by atoms with Crippen LogP contribution in [0.1, 0.15) is 20.8 Å². The number of rotatable bonds is 6. The van der Waals surface area contributed by atoms with Crippen molar-refractivity contribution in [3.05, 3.63) is 30.3 Å². The molecule has 0 radical (unpaired) electrons. The Labute approximate surface area is 149 Å². The van der Waals surface area contributed by atoms with Crippen LogP contribution in [0.4, 0.5) is 10.5 Å². The zero-order chi connectivity index (χ0) is 18.3. The molecule has 7 heteroatoms. The van der Waals surface area contributed by atoms with Crippen molar-refractivity contribution in [2.45, 2.75) is 32.4 Å². The Morgan fingerprint density at radius 2 is 1.84 bits per heavy atom. The van der Waals surface area contributed by atoms with Crippen molar-refractivity contribution in [3.8, 4) is 0 Å². The number of hydrogen-bond acceptors (Lipinski definition) is 4. The van der Waals surface area contributed by atoms with E-state index in [4.69, 9.17) is 4.74 Å². The predicted octanol–water partition coefficient (Wildman–Crippen LogP) is 1.42. The molecule has 138 valence electrons. The fourth-order valence-electron chi connectivity index (χ4n) is 2.69. The molecule has 0 bridgehead atoms. The van der Waals surface area contributed by atoms with E-state index in [9.17, 15) is 9.59 Å². The first-order valence-corrected chi connectivity index (χ1v) is 8.61. The number of benzene rings is 1. The summed E-state index contributed by atoms with van der Waals surface area (Å²) in [5.74, 6) is -0.204. The van der Waals surface area contributed by atoms with E-state index in [-0.39, 0.29) is 11.4 Å². The lowest BCUT2D eigenvalue weighted by molar-refractivity contribution is -0.123. The highest BCUT2D eigenvalue weighted by Crippen LogP contribution is 2.15. The van der Waals surface area contributed by atoms with Crippen LogP contribution in [0.15, 0.2) is 30.3 Å². The summed E-state index contributed by atoms with van der Waals surface area (Å²) in [7, 11) is 0. The fourth-order valence-corrected chi connectivity index (χ4v) is 2.69. The average Bonchev–Trinajstić information content (AvgIpc) is 2.61. The highest BCUT2D eigenvalue weighted by molar-refractivity contribution is 5.93. The van der Waals surface area contributed by atoms with Crippen molar-refractivity contribution in [1.29, 1.82) is 0 Å². The molecule has 1 aliphatic rings. The molecule has 1 aromatic carbocycles. The van der Waals surface area contributed by atoms with Crippen LogP contribution < -0.4 is 16.0 Å². The Hall–Kier alpha value is -2.12. The lowest BCUT2D eigenvalue weighted by atomic mass is 10.0. The number of nitrogens with zero attached hydrogens (tertiary/aromatic N) is 1. The third-order valence-corrected chi connectivity index (χ3v) is 4.33. The Bertz CT molecular complexity index is 571. The van der Waals surface area contributed by atoms with E-state index in [1.165, 1.54) is 0 Å². The standard InChI is InChI=1S/C18H28N4O3/c1-14(20-17(24)21-15-7-5-4-6-8-15)16(23)19-13-18(2,3)22-9-11-25-12-10-22/h4-8,14H,9-13H2,1-3H3,(H,19,23)(H2,20,21,24)/t14-/m1/s1. The van der Waals surface area contributed by atoms with Crippen LogP contribution in [0.5, 0.6) is 0 Å². The molecule has 3 N–H and O–H groups in total. The second kappa shape index (κ2) is 8.82. The summed E-state index contributed by atoms with van der Waals surface area (Å²) in [5, 5.41) is 8.27. The fraction of sp³-hybridized carbons (Fsp3) is 0.556. The van der Waals surface area contributed by atoms with Gasteiger partial charge in [-0.2, -0.15) is 0 Å². The van der Waals surface area contributed by atoms with E-state index >= 15 is 0 Å². The first kappa shape index (κ1) is 19.2. The van der Waals surface area contributed by atoms with Crippen LogP contribution in [0, 0.1) is 0 Å². The monoisotopic (exact) mass is 348 g/mol. The molecule has 25 heavy (non-hydrogen) atoms. The Morgan fingerprint density at radius 3 is 2.48 bits per heavy atom. The van der Waals surface area contributed by atoms with Crippen LogP contribution >= 0.6 is 0 Å². The first-order valence-electron chi connectivity index (χ1n) is 8.61. The van der Waals surface area contributed by atoms with Crippen molar-refractivity contribution in [1.82, 2.24) is 15.5 Å². The number of carbonyl (C=O) groups excluding carboxylic acids is 2. The first-order chi connectivity index (χ1) is 11.9. The Kier molecular flexibility index (Phi) is 6.78. The lowest BCUT2D eigenvalue weighted by Gasteiger charge is -2.41. The molecule has 0 saturated carbocycles. The van der Waals surface area contributed by atoms with Crippen molar-refractivity contribution >= 4 is 17.6 Å². The minimum absolute atomic E-state index is 0.161. The molecule has 2 rings (SSSR count). The minimum Gasteiger partial charge on any atom is -0.379 e. The van der Waals surface area contributed by atoms with Gasteiger partial charge >= 0.3 is 6.03 Å². The number of morpholine rings is 1. The highest BCUT2D eigenvalue weighted by Gasteiger charge is 2.29. The van der Waals surface area contributed by atoms with Gasteiger partial charge in [0.05, 0.1) is 13.2 Å². The smallest absolute Gasteiger partial charge is 0.319 e. The van der Waals surface area contributed by atoms with Crippen LogP contribution in [0.3, 0.4) is 0 Å². The number of para-hydroxylation sites is 1. The van der Waals surface area contributed by atoms with Crippen molar-refractivity contribution in [3.63, 3.8) is 0 Å².